The molecule has 1 unspecified atom stereocenters. The number of hydrazone groups is 1. The summed E-state index contributed by atoms with van der Waals surface area (Å²) in [6.45, 7) is 10.0. The van der Waals surface area contributed by atoms with E-state index in [4.69, 9.17) is 4.74 Å². The predicted octanol–water partition coefficient (Wildman–Crippen LogP) is 4.81. The number of rotatable bonds is 8. The van der Waals surface area contributed by atoms with Crippen molar-refractivity contribution in [2.75, 3.05) is 6.61 Å². The second-order valence-electron chi connectivity index (χ2n) is 9.69. The second-order valence-corrected chi connectivity index (χ2v) is 9.69. The minimum absolute atomic E-state index is 0.0740. The van der Waals surface area contributed by atoms with Gasteiger partial charge in [0.05, 0.1) is 6.21 Å². The maximum atomic E-state index is 12.6. The quantitative estimate of drug-likeness (QED) is 0.375. The van der Waals surface area contributed by atoms with E-state index < -0.39 is 6.04 Å². The zero-order chi connectivity index (χ0) is 24.7. The van der Waals surface area contributed by atoms with Crippen molar-refractivity contribution in [1.29, 1.82) is 0 Å². The number of nitrogens with one attached hydrogen (secondary N) is 2. The van der Waals surface area contributed by atoms with Crippen molar-refractivity contribution in [3.05, 3.63) is 77.9 Å². The number of benzene rings is 3. The van der Waals surface area contributed by atoms with Gasteiger partial charge in [-0.15, -0.1) is 0 Å². The summed E-state index contributed by atoms with van der Waals surface area (Å²) < 4.78 is 5.64. The van der Waals surface area contributed by atoms with Crippen LogP contribution >= 0.6 is 0 Å². The van der Waals surface area contributed by atoms with Crippen LogP contribution in [0.15, 0.2) is 71.8 Å². The van der Waals surface area contributed by atoms with Gasteiger partial charge in [-0.3, -0.25) is 9.59 Å². The normalized spacial score (nSPS) is 12.6. The first-order chi connectivity index (χ1) is 16.1. The van der Waals surface area contributed by atoms with Crippen LogP contribution < -0.4 is 15.5 Å². The topological polar surface area (TPSA) is 79.8 Å². The number of hydrogen-bond donors (Lipinski definition) is 2. The fraction of sp³-hybridized carbons (Fsp3) is 0.321. The Morgan fingerprint density at radius 1 is 0.971 bits per heavy atom. The van der Waals surface area contributed by atoms with Crippen molar-refractivity contribution < 1.29 is 14.3 Å². The van der Waals surface area contributed by atoms with Gasteiger partial charge in [-0.1, -0.05) is 89.2 Å². The number of hydrogen-bond acceptors (Lipinski definition) is 4. The summed E-state index contributed by atoms with van der Waals surface area (Å²) >= 11 is 0. The number of fused-ring (bicyclic) bond motifs is 1. The van der Waals surface area contributed by atoms with Gasteiger partial charge in [0.25, 0.3) is 11.8 Å². The van der Waals surface area contributed by atoms with Crippen molar-refractivity contribution in [1.82, 2.24) is 10.7 Å². The molecule has 0 aliphatic rings. The van der Waals surface area contributed by atoms with Gasteiger partial charge in [-0.05, 0) is 45.4 Å². The van der Waals surface area contributed by atoms with Gasteiger partial charge < -0.3 is 10.1 Å². The Balaban J connectivity index is 1.53. The van der Waals surface area contributed by atoms with E-state index in [2.05, 4.69) is 48.7 Å². The van der Waals surface area contributed by atoms with Crippen LogP contribution in [-0.4, -0.2) is 30.7 Å². The third-order valence-electron chi connectivity index (χ3n) is 5.52. The maximum Gasteiger partial charge on any atom is 0.262 e. The average molecular weight is 460 g/mol. The van der Waals surface area contributed by atoms with E-state index in [1.807, 2.05) is 68.4 Å². The fourth-order valence-electron chi connectivity index (χ4n) is 3.47. The van der Waals surface area contributed by atoms with Crippen LogP contribution in [-0.2, 0) is 15.0 Å². The lowest BCUT2D eigenvalue weighted by Crippen LogP contribution is -2.49. The summed E-state index contributed by atoms with van der Waals surface area (Å²) in [7, 11) is 0. The number of ether oxygens (including phenoxy) is 1. The molecule has 3 aromatic rings. The van der Waals surface area contributed by atoms with E-state index in [1.165, 1.54) is 5.56 Å². The second kappa shape index (κ2) is 11.0. The van der Waals surface area contributed by atoms with Crippen molar-refractivity contribution in [2.24, 2.45) is 11.0 Å². The van der Waals surface area contributed by atoms with Gasteiger partial charge in [-0.25, -0.2) is 5.43 Å². The first-order valence-electron chi connectivity index (χ1n) is 11.5. The molecular weight excluding hydrogens is 426 g/mol. The zero-order valence-corrected chi connectivity index (χ0v) is 20.5. The lowest BCUT2D eigenvalue weighted by Gasteiger charge is -2.20. The Hall–Kier alpha value is -3.67. The SMILES string of the molecule is CC(C)C(NC(=O)COc1ccc2ccccc2c1)C(=O)N/N=C/c1ccc(C(C)(C)C)cc1. The Labute approximate surface area is 201 Å². The first kappa shape index (κ1) is 25.0. The third kappa shape index (κ3) is 6.91. The van der Waals surface area contributed by atoms with Crippen LogP contribution in [0.3, 0.4) is 0 Å². The standard InChI is InChI=1S/C28H33N3O3/c1-19(2)26(27(33)31-29-17-20-10-13-23(14-11-20)28(3,4)5)30-25(32)18-34-24-15-12-21-8-6-7-9-22(21)16-24/h6-17,19,26H,18H2,1-5H3,(H,30,32)(H,31,33)/b29-17+. The molecule has 6 nitrogen and oxygen atoms in total. The monoisotopic (exact) mass is 459 g/mol. The van der Waals surface area contributed by atoms with E-state index in [0.29, 0.717) is 5.75 Å². The zero-order valence-electron chi connectivity index (χ0n) is 20.5. The van der Waals surface area contributed by atoms with E-state index in [1.54, 1.807) is 6.21 Å². The average Bonchev–Trinajstić information content (AvgIpc) is 2.80. The van der Waals surface area contributed by atoms with Crippen molar-refractivity contribution >= 4 is 28.8 Å². The molecule has 0 fully saturated rings. The Morgan fingerprint density at radius 3 is 2.29 bits per heavy atom. The van der Waals surface area contributed by atoms with Gasteiger partial charge in [0, 0.05) is 0 Å². The molecule has 0 spiro atoms. The maximum absolute atomic E-state index is 12.6. The number of amides is 2. The number of nitrogens with zero attached hydrogens (tertiary/aromatic N) is 1. The summed E-state index contributed by atoms with van der Waals surface area (Å²) in [5.41, 5.74) is 4.71. The van der Waals surface area contributed by atoms with Gasteiger partial charge in [0.15, 0.2) is 6.61 Å². The minimum Gasteiger partial charge on any atom is -0.484 e. The van der Waals surface area contributed by atoms with E-state index in [0.717, 1.165) is 16.3 Å². The molecule has 0 bridgehead atoms. The van der Waals surface area contributed by atoms with Crippen LogP contribution in [0, 0.1) is 5.92 Å². The molecule has 0 aromatic heterocycles. The van der Waals surface area contributed by atoms with Gasteiger partial charge in [0.2, 0.25) is 0 Å². The first-order valence-corrected chi connectivity index (χ1v) is 11.5. The fourth-order valence-corrected chi connectivity index (χ4v) is 3.47. The molecule has 2 amide bonds. The molecule has 0 saturated carbocycles. The highest BCUT2D eigenvalue weighted by Gasteiger charge is 2.24. The number of carbonyl (C=O) groups is 2. The minimum atomic E-state index is -0.729. The smallest absolute Gasteiger partial charge is 0.262 e. The molecule has 0 aliphatic carbocycles. The van der Waals surface area contributed by atoms with Crippen LogP contribution in [0.5, 0.6) is 5.75 Å². The lowest BCUT2D eigenvalue weighted by atomic mass is 9.87. The van der Waals surface area contributed by atoms with Gasteiger partial charge in [0.1, 0.15) is 11.8 Å². The molecular formula is C28H33N3O3. The molecule has 34 heavy (non-hydrogen) atoms. The van der Waals surface area contributed by atoms with Crippen molar-refractivity contribution in [3.8, 4) is 5.75 Å². The molecule has 0 saturated heterocycles. The lowest BCUT2D eigenvalue weighted by molar-refractivity contribution is -0.131. The molecule has 0 radical (unpaired) electrons. The highest BCUT2D eigenvalue weighted by molar-refractivity contribution is 5.89. The highest BCUT2D eigenvalue weighted by atomic mass is 16.5. The molecule has 1 atom stereocenters. The molecule has 0 heterocycles. The van der Waals surface area contributed by atoms with Crippen LogP contribution in [0.4, 0.5) is 0 Å². The van der Waals surface area contributed by atoms with E-state index in [9.17, 15) is 9.59 Å². The molecule has 178 valence electrons. The van der Waals surface area contributed by atoms with E-state index >= 15 is 0 Å². The van der Waals surface area contributed by atoms with Crippen LogP contribution in [0.2, 0.25) is 0 Å². The van der Waals surface area contributed by atoms with E-state index in [-0.39, 0.29) is 29.8 Å². The largest absolute Gasteiger partial charge is 0.484 e. The number of carbonyl (C=O) groups excluding carboxylic acids is 2. The van der Waals surface area contributed by atoms with Gasteiger partial charge >= 0.3 is 0 Å². The Morgan fingerprint density at radius 2 is 1.65 bits per heavy atom. The van der Waals surface area contributed by atoms with Crippen LogP contribution in [0.1, 0.15) is 45.7 Å². The summed E-state index contributed by atoms with van der Waals surface area (Å²) in [6, 6.07) is 20.9. The van der Waals surface area contributed by atoms with Gasteiger partial charge in [-0.2, -0.15) is 5.10 Å². The molecule has 2 N–H and O–H groups in total. The predicted molar refractivity (Wildman–Crippen MR) is 137 cm³/mol. The summed E-state index contributed by atoms with van der Waals surface area (Å²) in [5.74, 6) is -0.271. The summed E-state index contributed by atoms with van der Waals surface area (Å²) in [6.07, 6.45) is 1.59. The van der Waals surface area contributed by atoms with Crippen molar-refractivity contribution in [3.63, 3.8) is 0 Å². The molecule has 0 aliphatic heterocycles. The van der Waals surface area contributed by atoms with Crippen LogP contribution in [0.25, 0.3) is 10.8 Å². The molecule has 3 rings (SSSR count). The third-order valence-corrected chi connectivity index (χ3v) is 5.52. The van der Waals surface area contributed by atoms with Crippen molar-refractivity contribution in [2.45, 2.75) is 46.1 Å². The Kier molecular flexibility index (Phi) is 8.05. The summed E-state index contributed by atoms with van der Waals surface area (Å²) in [5, 5.41) is 8.94. The summed E-state index contributed by atoms with van der Waals surface area (Å²) in [4.78, 5) is 25.1. The highest BCUT2D eigenvalue weighted by Crippen LogP contribution is 2.22. The molecule has 3 aromatic carbocycles. The Bertz CT molecular complexity index is 1160. The molecule has 6 heteroatoms.